The number of aromatic amines is 1. The summed E-state index contributed by atoms with van der Waals surface area (Å²) < 4.78 is 11.2. The molecule has 0 aromatic carbocycles. The number of aromatic nitrogens is 2. The fourth-order valence-electron chi connectivity index (χ4n) is 3.01. The number of nitrogens with one attached hydrogen (secondary N) is 1. The number of rotatable bonds is 3. The van der Waals surface area contributed by atoms with Gasteiger partial charge >= 0.3 is 0 Å². The van der Waals surface area contributed by atoms with Gasteiger partial charge in [0.15, 0.2) is 0 Å². The van der Waals surface area contributed by atoms with Crippen LogP contribution in [0.5, 0.6) is 0 Å². The summed E-state index contributed by atoms with van der Waals surface area (Å²) in [5.41, 5.74) is 1.37. The molecular weight excluding hydrogens is 284 g/mol. The second-order valence-corrected chi connectivity index (χ2v) is 5.89. The predicted molar refractivity (Wildman–Crippen MR) is 80.8 cm³/mol. The Morgan fingerprint density at radius 1 is 1.36 bits per heavy atom. The van der Waals surface area contributed by atoms with E-state index in [1.807, 2.05) is 11.8 Å². The molecule has 0 saturated carbocycles. The van der Waals surface area contributed by atoms with E-state index in [1.54, 1.807) is 6.33 Å². The van der Waals surface area contributed by atoms with Gasteiger partial charge in [0.2, 0.25) is 0 Å². The van der Waals surface area contributed by atoms with Crippen LogP contribution < -0.4 is 0 Å². The molecule has 3 heterocycles. The smallest absolute Gasteiger partial charge is 0.274 e. The summed E-state index contributed by atoms with van der Waals surface area (Å²) in [5, 5.41) is 0. The fraction of sp³-hybridized carbons (Fsp3) is 0.733. The third-order valence-electron chi connectivity index (χ3n) is 4.26. The zero-order chi connectivity index (χ0) is 15.4. The molecule has 1 amide bonds. The van der Waals surface area contributed by atoms with Gasteiger partial charge in [-0.2, -0.15) is 0 Å². The summed E-state index contributed by atoms with van der Waals surface area (Å²) in [5.74, 6) is 0.0258. The number of amides is 1. The SMILES string of the molecule is Cc1[nH]cnc1C(=O)N1CCCN(CC2COCCO2)CC1. The number of H-pyrrole nitrogens is 1. The average molecular weight is 308 g/mol. The van der Waals surface area contributed by atoms with Gasteiger partial charge in [0, 0.05) is 31.9 Å². The predicted octanol–water partition coefficient (Wildman–Crippen LogP) is 0.281. The molecule has 0 aliphatic carbocycles. The molecule has 1 aromatic heterocycles. The first-order valence-electron chi connectivity index (χ1n) is 7.95. The summed E-state index contributed by atoms with van der Waals surface area (Å²) in [6.07, 6.45) is 2.71. The largest absolute Gasteiger partial charge is 0.376 e. The van der Waals surface area contributed by atoms with E-state index in [-0.39, 0.29) is 12.0 Å². The molecular formula is C15H24N4O3. The number of nitrogens with zero attached hydrogens (tertiary/aromatic N) is 3. The molecule has 7 heteroatoms. The van der Waals surface area contributed by atoms with Crippen LogP contribution in [0.2, 0.25) is 0 Å². The molecule has 2 fully saturated rings. The maximum atomic E-state index is 12.5. The van der Waals surface area contributed by atoms with Gasteiger partial charge in [-0.1, -0.05) is 0 Å². The molecule has 1 N–H and O–H groups in total. The number of imidazole rings is 1. The van der Waals surface area contributed by atoms with Gasteiger partial charge in [-0.25, -0.2) is 4.98 Å². The maximum absolute atomic E-state index is 12.5. The van der Waals surface area contributed by atoms with Crippen molar-refractivity contribution in [2.45, 2.75) is 19.4 Å². The second-order valence-electron chi connectivity index (χ2n) is 5.89. The van der Waals surface area contributed by atoms with Crippen molar-refractivity contribution >= 4 is 5.91 Å². The van der Waals surface area contributed by atoms with E-state index in [0.717, 1.165) is 44.8 Å². The van der Waals surface area contributed by atoms with Crippen LogP contribution in [0.1, 0.15) is 22.6 Å². The van der Waals surface area contributed by atoms with E-state index in [4.69, 9.17) is 9.47 Å². The van der Waals surface area contributed by atoms with Crippen LogP contribution in [0.4, 0.5) is 0 Å². The zero-order valence-electron chi connectivity index (χ0n) is 13.1. The van der Waals surface area contributed by atoms with E-state index in [2.05, 4.69) is 14.9 Å². The minimum Gasteiger partial charge on any atom is -0.376 e. The van der Waals surface area contributed by atoms with Crippen LogP contribution in [0.15, 0.2) is 6.33 Å². The number of aryl methyl sites for hydroxylation is 1. The minimum atomic E-state index is 0.0258. The molecule has 1 atom stereocenters. The summed E-state index contributed by atoms with van der Waals surface area (Å²) in [6.45, 7) is 8.18. The first-order chi connectivity index (χ1) is 10.7. The molecule has 0 radical (unpaired) electrons. The van der Waals surface area contributed by atoms with Crippen LogP contribution in [0, 0.1) is 6.92 Å². The van der Waals surface area contributed by atoms with E-state index < -0.39 is 0 Å². The molecule has 3 rings (SSSR count). The Kier molecular flexibility index (Phi) is 5.07. The van der Waals surface area contributed by atoms with Crippen LogP contribution in [-0.2, 0) is 9.47 Å². The summed E-state index contributed by atoms with van der Waals surface area (Å²) in [4.78, 5) is 23.9. The lowest BCUT2D eigenvalue weighted by Gasteiger charge is -2.29. The third kappa shape index (κ3) is 3.66. The molecule has 0 bridgehead atoms. The van der Waals surface area contributed by atoms with Crippen LogP contribution in [-0.4, -0.2) is 84.3 Å². The molecule has 2 saturated heterocycles. The second kappa shape index (κ2) is 7.21. The Morgan fingerprint density at radius 2 is 2.27 bits per heavy atom. The Hall–Kier alpha value is -1.44. The number of carbonyl (C=O) groups excluding carboxylic acids is 1. The highest BCUT2D eigenvalue weighted by Crippen LogP contribution is 2.11. The van der Waals surface area contributed by atoms with Crippen molar-refractivity contribution in [1.82, 2.24) is 19.8 Å². The highest BCUT2D eigenvalue weighted by atomic mass is 16.6. The summed E-state index contributed by atoms with van der Waals surface area (Å²) in [6, 6.07) is 0. The third-order valence-corrected chi connectivity index (χ3v) is 4.26. The lowest BCUT2D eigenvalue weighted by atomic mass is 10.3. The molecule has 122 valence electrons. The molecule has 0 spiro atoms. The fourth-order valence-corrected chi connectivity index (χ4v) is 3.01. The van der Waals surface area contributed by atoms with Gasteiger partial charge in [0.05, 0.1) is 32.3 Å². The molecule has 7 nitrogen and oxygen atoms in total. The Balaban J connectivity index is 1.53. The number of ether oxygens (including phenoxy) is 2. The lowest BCUT2D eigenvalue weighted by molar-refractivity contribution is -0.0971. The normalized spacial score (nSPS) is 24.2. The molecule has 1 unspecified atom stereocenters. The van der Waals surface area contributed by atoms with Gasteiger partial charge in [0.1, 0.15) is 5.69 Å². The van der Waals surface area contributed by atoms with Crippen molar-refractivity contribution in [1.29, 1.82) is 0 Å². The van der Waals surface area contributed by atoms with Crippen molar-refractivity contribution in [3.05, 3.63) is 17.7 Å². The van der Waals surface area contributed by atoms with E-state index in [9.17, 15) is 4.79 Å². The topological polar surface area (TPSA) is 70.7 Å². The maximum Gasteiger partial charge on any atom is 0.274 e. The van der Waals surface area contributed by atoms with E-state index in [0.29, 0.717) is 25.5 Å². The zero-order valence-corrected chi connectivity index (χ0v) is 13.1. The van der Waals surface area contributed by atoms with Gasteiger partial charge in [-0.05, 0) is 19.9 Å². The van der Waals surface area contributed by atoms with Crippen LogP contribution >= 0.6 is 0 Å². The minimum absolute atomic E-state index is 0.0258. The number of hydrogen-bond donors (Lipinski definition) is 1. The summed E-state index contributed by atoms with van der Waals surface area (Å²) in [7, 11) is 0. The van der Waals surface area contributed by atoms with Crippen molar-refractivity contribution in [3.8, 4) is 0 Å². The monoisotopic (exact) mass is 308 g/mol. The van der Waals surface area contributed by atoms with E-state index >= 15 is 0 Å². The van der Waals surface area contributed by atoms with Crippen molar-refractivity contribution in [2.75, 3.05) is 52.5 Å². The Labute approximate surface area is 130 Å². The highest BCUT2D eigenvalue weighted by Gasteiger charge is 2.25. The standard InChI is InChI=1S/C15H24N4O3/c1-12-14(17-11-16-12)15(20)19-4-2-3-18(5-6-19)9-13-10-21-7-8-22-13/h11,13H,2-10H2,1H3,(H,16,17). The molecule has 1 aromatic rings. The number of carbonyl (C=O) groups is 1. The van der Waals surface area contributed by atoms with Crippen molar-refractivity contribution in [2.24, 2.45) is 0 Å². The highest BCUT2D eigenvalue weighted by molar-refractivity contribution is 5.93. The van der Waals surface area contributed by atoms with Crippen molar-refractivity contribution in [3.63, 3.8) is 0 Å². The van der Waals surface area contributed by atoms with Gasteiger partial charge in [0.25, 0.3) is 5.91 Å². The van der Waals surface area contributed by atoms with Gasteiger partial charge < -0.3 is 19.4 Å². The quantitative estimate of drug-likeness (QED) is 0.868. The molecule has 2 aliphatic rings. The first-order valence-corrected chi connectivity index (χ1v) is 7.95. The van der Waals surface area contributed by atoms with Crippen LogP contribution in [0.3, 0.4) is 0 Å². The van der Waals surface area contributed by atoms with E-state index in [1.165, 1.54) is 0 Å². The molecule has 2 aliphatic heterocycles. The first kappa shape index (κ1) is 15.5. The lowest BCUT2D eigenvalue weighted by Crippen LogP contribution is -2.42. The van der Waals surface area contributed by atoms with Gasteiger partial charge in [-0.15, -0.1) is 0 Å². The Morgan fingerprint density at radius 3 is 3.00 bits per heavy atom. The molecule has 22 heavy (non-hydrogen) atoms. The van der Waals surface area contributed by atoms with Crippen molar-refractivity contribution < 1.29 is 14.3 Å². The summed E-state index contributed by atoms with van der Waals surface area (Å²) >= 11 is 0. The van der Waals surface area contributed by atoms with Gasteiger partial charge in [-0.3, -0.25) is 9.69 Å². The number of hydrogen-bond acceptors (Lipinski definition) is 5. The average Bonchev–Trinajstić information content (AvgIpc) is 2.82. The van der Waals surface area contributed by atoms with Crippen LogP contribution in [0.25, 0.3) is 0 Å². The Bertz CT molecular complexity index is 499.